The Labute approximate surface area is 119 Å². The molecule has 2 atom stereocenters. The van der Waals surface area contributed by atoms with E-state index in [-0.39, 0.29) is 30.8 Å². The number of carbonyl (C=O) groups excluding carboxylic acids is 2. The number of amides is 2. The van der Waals surface area contributed by atoms with Crippen molar-refractivity contribution in [3.63, 3.8) is 0 Å². The second-order valence-electron chi connectivity index (χ2n) is 5.47. The van der Waals surface area contributed by atoms with E-state index in [1.54, 1.807) is 11.8 Å². The monoisotopic (exact) mass is 303 g/mol. The molecule has 2 saturated heterocycles. The standard InChI is InChI=1S/C12H21N3O4S/c1-9-12(17)14-7-3-4-10(14)8-15(9)11(16)5-6-13-20(2,18)19/h9-10,13H,3-8H2,1-2H3/t9-,10-/m0/s1. The SMILES string of the molecule is C[C@H]1C(=O)N2CCC[C@H]2CN1C(=O)CCNS(C)(=O)=O. The number of hydrogen-bond donors (Lipinski definition) is 1. The lowest BCUT2D eigenvalue weighted by Crippen LogP contribution is -2.60. The van der Waals surface area contributed by atoms with E-state index in [4.69, 9.17) is 0 Å². The highest BCUT2D eigenvalue weighted by Crippen LogP contribution is 2.25. The number of hydrogen-bond acceptors (Lipinski definition) is 4. The van der Waals surface area contributed by atoms with Crippen molar-refractivity contribution in [2.45, 2.75) is 38.3 Å². The van der Waals surface area contributed by atoms with Crippen LogP contribution in [-0.4, -0.2) is 68.0 Å². The molecule has 2 amide bonds. The minimum absolute atomic E-state index is 0.00294. The normalized spacial score (nSPS) is 26.8. The van der Waals surface area contributed by atoms with E-state index in [0.717, 1.165) is 25.6 Å². The molecule has 20 heavy (non-hydrogen) atoms. The molecular weight excluding hydrogens is 282 g/mol. The Morgan fingerprint density at radius 3 is 2.80 bits per heavy atom. The Bertz CT molecular complexity index is 505. The molecule has 2 heterocycles. The third-order valence-corrected chi connectivity index (χ3v) is 4.64. The van der Waals surface area contributed by atoms with E-state index >= 15 is 0 Å². The number of sulfonamides is 1. The summed E-state index contributed by atoms with van der Waals surface area (Å²) in [7, 11) is -3.28. The minimum atomic E-state index is -3.28. The summed E-state index contributed by atoms with van der Waals surface area (Å²) in [5.74, 6) is -0.170. The highest BCUT2D eigenvalue weighted by molar-refractivity contribution is 7.88. The number of nitrogens with zero attached hydrogens (tertiary/aromatic N) is 2. The van der Waals surface area contributed by atoms with Gasteiger partial charge in [-0.3, -0.25) is 9.59 Å². The molecular formula is C12H21N3O4S. The van der Waals surface area contributed by atoms with E-state index in [1.165, 1.54) is 0 Å². The van der Waals surface area contributed by atoms with Crippen LogP contribution in [0.1, 0.15) is 26.2 Å². The van der Waals surface area contributed by atoms with E-state index in [9.17, 15) is 18.0 Å². The van der Waals surface area contributed by atoms with Gasteiger partial charge in [-0.05, 0) is 19.8 Å². The van der Waals surface area contributed by atoms with Gasteiger partial charge in [-0.25, -0.2) is 13.1 Å². The van der Waals surface area contributed by atoms with E-state index in [1.807, 2.05) is 4.90 Å². The van der Waals surface area contributed by atoms with Crippen molar-refractivity contribution in [1.29, 1.82) is 0 Å². The predicted octanol–water partition coefficient (Wildman–Crippen LogP) is -0.853. The number of piperazine rings is 1. The van der Waals surface area contributed by atoms with Crippen molar-refractivity contribution in [3.05, 3.63) is 0 Å². The fourth-order valence-corrected chi connectivity index (χ4v) is 3.35. The summed E-state index contributed by atoms with van der Waals surface area (Å²) in [6.07, 6.45) is 3.06. The molecule has 0 aliphatic carbocycles. The molecule has 0 spiro atoms. The van der Waals surface area contributed by atoms with Gasteiger partial charge in [-0.15, -0.1) is 0 Å². The second kappa shape index (κ2) is 5.69. The number of rotatable bonds is 4. The van der Waals surface area contributed by atoms with Crippen LogP contribution >= 0.6 is 0 Å². The van der Waals surface area contributed by atoms with Gasteiger partial charge in [0.15, 0.2) is 0 Å². The first-order chi connectivity index (χ1) is 9.29. The first kappa shape index (κ1) is 15.2. The summed E-state index contributed by atoms with van der Waals surface area (Å²) in [4.78, 5) is 27.8. The van der Waals surface area contributed by atoms with Crippen molar-refractivity contribution in [3.8, 4) is 0 Å². The Kier molecular flexibility index (Phi) is 4.33. The average Bonchev–Trinajstić information content (AvgIpc) is 2.80. The molecule has 8 heteroatoms. The van der Waals surface area contributed by atoms with Gasteiger partial charge in [-0.2, -0.15) is 0 Å². The quantitative estimate of drug-likeness (QED) is 0.733. The largest absolute Gasteiger partial charge is 0.336 e. The second-order valence-corrected chi connectivity index (χ2v) is 7.30. The molecule has 1 N–H and O–H groups in total. The van der Waals surface area contributed by atoms with Gasteiger partial charge in [0, 0.05) is 32.1 Å². The van der Waals surface area contributed by atoms with Crippen LogP contribution in [0.4, 0.5) is 0 Å². The number of carbonyl (C=O) groups is 2. The summed E-state index contributed by atoms with van der Waals surface area (Å²) < 4.78 is 24.2. The summed E-state index contributed by atoms with van der Waals surface area (Å²) in [5, 5.41) is 0. The lowest BCUT2D eigenvalue weighted by molar-refractivity contribution is -0.152. The van der Waals surface area contributed by atoms with Crippen molar-refractivity contribution < 1.29 is 18.0 Å². The topological polar surface area (TPSA) is 86.8 Å². The Morgan fingerprint density at radius 2 is 2.15 bits per heavy atom. The van der Waals surface area contributed by atoms with Gasteiger partial charge in [0.05, 0.1) is 6.26 Å². The summed E-state index contributed by atoms with van der Waals surface area (Å²) in [5.41, 5.74) is 0. The zero-order valence-electron chi connectivity index (χ0n) is 11.8. The Morgan fingerprint density at radius 1 is 1.45 bits per heavy atom. The molecule has 2 fully saturated rings. The molecule has 7 nitrogen and oxygen atoms in total. The van der Waals surface area contributed by atoms with Crippen molar-refractivity contribution in [2.24, 2.45) is 0 Å². The smallest absolute Gasteiger partial charge is 0.245 e. The molecule has 0 radical (unpaired) electrons. The Balaban J connectivity index is 1.94. The molecule has 0 aromatic rings. The average molecular weight is 303 g/mol. The summed E-state index contributed by atoms with van der Waals surface area (Å²) in [6, 6.07) is -0.319. The van der Waals surface area contributed by atoms with Gasteiger partial charge < -0.3 is 9.80 Å². The van der Waals surface area contributed by atoms with Crippen LogP contribution < -0.4 is 4.72 Å². The first-order valence-corrected chi connectivity index (χ1v) is 8.73. The lowest BCUT2D eigenvalue weighted by Gasteiger charge is -2.41. The van der Waals surface area contributed by atoms with Crippen molar-refractivity contribution in [2.75, 3.05) is 25.9 Å². The zero-order valence-corrected chi connectivity index (χ0v) is 12.6. The van der Waals surface area contributed by atoms with Crippen molar-refractivity contribution >= 4 is 21.8 Å². The first-order valence-electron chi connectivity index (χ1n) is 6.84. The Hall–Kier alpha value is -1.15. The van der Waals surface area contributed by atoms with Crippen molar-refractivity contribution in [1.82, 2.24) is 14.5 Å². The number of nitrogens with one attached hydrogen (secondary N) is 1. The fourth-order valence-electron chi connectivity index (χ4n) is 2.88. The molecule has 0 bridgehead atoms. The fraction of sp³-hybridized carbons (Fsp3) is 0.833. The molecule has 0 aromatic carbocycles. The van der Waals surface area contributed by atoms with E-state index in [0.29, 0.717) is 6.54 Å². The predicted molar refractivity (Wildman–Crippen MR) is 73.4 cm³/mol. The lowest BCUT2D eigenvalue weighted by atomic mass is 10.1. The summed E-state index contributed by atoms with van der Waals surface area (Å²) in [6.45, 7) is 3.15. The van der Waals surface area contributed by atoms with Gasteiger partial charge in [-0.1, -0.05) is 0 Å². The minimum Gasteiger partial charge on any atom is -0.336 e. The van der Waals surface area contributed by atoms with Crippen LogP contribution in [-0.2, 0) is 19.6 Å². The molecule has 0 saturated carbocycles. The maximum Gasteiger partial charge on any atom is 0.245 e. The number of fused-ring (bicyclic) bond motifs is 1. The maximum absolute atomic E-state index is 12.2. The summed E-state index contributed by atoms with van der Waals surface area (Å²) >= 11 is 0. The van der Waals surface area contributed by atoms with Crippen LogP contribution in [0.25, 0.3) is 0 Å². The molecule has 2 aliphatic rings. The van der Waals surface area contributed by atoms with E-state index in [2.05, 4.69) is 4.72 Å². The molecule has 2 rings (SSSR count). The molecule has 2 aliphatic heterocycles. The molecule has 0 unspecified atom stereocenters. The van der Waals surface area contributed by atoms with Crippen LogP contribution in [0.5, 0.6) is 0 Å². The molecule has 114 valence electrons. The van der Waals surface area contributed by atoms with Gasteiger partial charge in [0.1, 0.15) is 6.04 Å². The molecule has 0 aromatic heterocycles. The van der Waals surface area contributed by atoms with Crippen LogP contribution in [0.15, 0.2) is 0 Å². The highest BCUT2D eigenvalue weighted by Gasteiger charge is 2.41. The zero-order chi connectivity index (χ0) is 14.9. The van der Waals surface area contributed by atoms with Gasteiger partial charge in [0.2, 0.25) is 21.8 Å². The van der Waals surface area contributed by atoms with Gasteiger partial charge >= 0.3 is 0 Å². The maximum atomic E-state index is 12.2. The van der Waals surface area contributed by atoms with Crippen LogP contribution in [0.3, 0.4) is 0 Å². The van der Waals surface area contributed by atoms with E-state index < -0.39 is 16.1 Å². The van der Waals surface area contributed by atoms with Crippen LogP contribution in [0, 0.1) is 0 Å². The van der Waals surface area contributed by atoms with Gasteiger partial charge in [0.25, 0.3) is 0 Å². The highest BCUT2D eigenvalue weighted by atomic mass is 32.2. The van der Waals surface area contributed by atoms with Crippen LogP contribution in [0.2, 0.25) is 0 Å². The third kappa shape index (κ3) is 3.29. The third-order valence-electron chi connectivity index (χ3n) is 3.92.